The van der Waals surface area contributed by atoms with Crippen molar-refractivity contribution >= 4 is 5.84 Å². The Balaban J connectivity index is 2.11. The van der Waals surface area contributed by atoms with E-state index in [-0.39, 0.29) is 5.41 Å². The first kappa shape index (κ1) is 16.3. The van der Waals surface area contributed by atoms with Crippen molar-refractivity contribution in [1.29, 1.82) is 0 Å². The Kier molecular flexibility index (Phi) is 6.63. The summed E-state index contributed by atoms with van der Waals surface area (Å²) in [6.07, 6.45) is 7.56. The second kappa shape index (κ2) is 7.73. The van der Waals surface area contributed by atoms with Gasteiger partial charge in [0.1, 0.15) is 5.84 Å². The van der Waals surface area contributed by atoms with Gasteiger partial charge in [-0.05, 0) is 50.6 Å². The molecule has 1 aliphatic carbocycles. The third-order valence-electron chi connectivity index (χ3n) is 4.43. The van der Waals surface area contributed by atoms with Crippen LogP contribution in [0.4, 0.5) is 0 Å². The summed E-state index contributed by atoms with van der Waals surface area (Å²) < 4.78 is 0. The van der Waals surface area contributed by atoms with Gasteiger partial charge in [-0.1, -0.05) is 38.8 Å². The average Bonchev–Trinajstić information content (AvgIpc) is 2.37. The number of oxime groups is 1. The third kappa shape index (κ3) is 5.81. The molecule has 0 aromatic heterocycles. The normalized spacial score (nSPS) is 25.5. The van der Waals surface area contributed by atoms with Gasteiger partial charge in [0.15, 0.2) is 0 Å². The van der Waals surface area contributed by atoms with Crippen LogP contribution in [0.3, 0.4) is 0 Å². The monoisotopic (exact) mass is 269 g/mol. The molecule has 19 heavy (non-hydrogen) atoms. The first-order valence-corrected chi connectivity index (χ1v) is 7.64. The minimum atomic E-state index is -0.213. The van der Waals surface area contributed by atoms with Crippen LogP contribution in [0.2, 0.25) is 0 Å². The fourth-order valence-electron chi connectivity index (χ4n) is 2.97. The molecule has 0 bridgehead atoms. The van der Waals surface area contributed by atoms with Crippen molar-refractivity contribution < 1.29 is 5.21 Å². The highest BCUT2D eigenvalue weighted by Gasteiger charge is 2.23. The molecule has 1 rings (SSSR count). The molecular weight excluding hydrogens is 238 g/mol. The zero-order valence-electron chi connectivity index (χ0n) is 12.8. The number of nitrogens with one attached hydrogen (secondary N) is 1. The van der Waals surface area contributed by atoms with E-state index in [9.17, 15) is 0 Å². The SMILES string of the molecule is CC1CCCC(CNCCCC(C)(C)C(N)=NO)C1. The number of nitrogens with two attached hydrogens (primary N) is 1. The van der Waals surface area contributed by atoms with Gasteiger partial charge in [-0.15, -0.1) is 0 Å². The quantitative estimate of drug-likeness (QED) is 0.219. The van der Waals surface area contributed by atoms with Crippen LogP contribution in [-0.4, -0.2) is 24.1 Å². The van der Waals surface area contributed by atoms with Gasteiger partial charge in [-0.25, -0.2) is 0 Å². The Hall–Kier alpha value is -0.770. The van der Waals surface area contributed by atoms with E-state index >= 15 is 0 Å². The van der Waals surface area contributed by atoms with E-state index in [1.54, 1.807) is 0 Å². The maximum Gasteiger partial charge on any atom is 0.144 e. The van der Waals surface area contributed by atoms with E-state index in [4.69, 9.17) is 10.9 Å². The zero-order chi connectivity index (χ0) is 14.3. The maximum absolute atomic E-state index is 8.72. The van der Waals surface area contributed by atoms with E-state index in [2.05, 4.69) is 17.4 Å². The van der Waals surface area contributed by atoms with Crippen LogP contribution in [0.15, 0.2) is 5.16 Å². The summed E-state index contributed by atoms with van der Waals surface area (Å²) in [6, 6.07) is 0. The topological polar surface area (TPSA) is 70.6 Å². The molecule has 1 aliphatic rings. The van der Waals surface area contributed by atoms with Crippen molar-refractivity contribution in [3.63, 3.8) is 0 Å². The van der Waals surface area contributed by atoms with Gasteiger partial charge < -0.3 is 16.3 Å². The summed E-state index contributed by atoms with van der Waals surface area (Å²) in [7, 11) is 0. The van der Waals surface area contributed by atoms with Gasteiger partial charge in [0, 0.05) is 5.41 Å². The summed E-state index contributed by atoms with van der Waals surface area (Å²) in [6.45, 7) is 8.57. The van der Waals surface area contributed by atoms with Crippen LogP contribution < -0.4 is 11.1 Å². The molecule has 1 fully saturated rings. The fourth-order valence-corrected chi connectivity index (χ4v) is 2.97. The van der Waals surface area contributed by atoms with Gasteiger partial charge in [-0.3, -0.25) is 0 Å². The van der Waals surface area contributed by atoms with E-state index in [0.717, 1.165) is 37.8 Å². The van der Waals surface area contributed by atoms with Crippen molar-refractivity contribution in [2.24, 2.45) is 28.1 Å². The molecule has 0 saturated heterocycles. The molecule has 1 saturated carbocycles. The lowest BCUT2D eigenvalue weighted by molar-refractivity contribution is 0.272. The molecule has 0 radical (unpaired) electrons. The van der Waals surface area contributed by atoms with E-state index in [1.807, 2.05) is 13.8 Å². The zero-order valence-corrected chi connectivity index (χ0v) is 12.8. The molecule has 0 aliphatic heterocycles. The molecule has 4 N–H and O–H groups in total. The lowest BCUT2D eigenvalue weighted by Crippen LogP contribution is -2.33. The van der Waals surface area contributed by atoms with Gasteiger partial charge in [0.25, 0.3) is 0 Å². The molecule has 2 atom stereocenters. The van der Waals surface area contributed by atoms with Crippen LogP contribution in [0, 0.1) is 17.3 Å². The molecule has 0 amide bonds. The van der Waals surface area contributed by atoms with Crippen molar-refractivity contribution in [1.82, 2.24) is 5.32 Å². The Labute approximate surface area is 117 Å². The number of nitrogens with zero attached hydrogens (tertiary/aromatic N) is 1. The first-order chi connectivity index (χ1) is 8.95. The standard InChI is InChI=1S/C15H31N3O/c1-12-6-4-7-13(10-12)11-17-9-5-8-15(2,3)14(16)18-19/h12-13,17,19H,4-11H2,1-3H3,(H2,16,18). The molecule has 0 aromatic rings. The summed E-state index contributed by atoms with van der Waals surface area (Å²) in [5.41, 5.74) is 5.46. The van der Waals surface area contributed by atoms with Crippen molar-refractivity contribution in [2.75, 3.05) is 13.1 Å². The minimum absolute atomic E-state index is 0.213. The lowest BCUT2D eigenvalue weighted by Gasteiger charge is -2.27. The van der Waals surface area contributed by atoms with Crippen molar-refractivity contribution in [3.8, 4) is 0 Å². The van der Waals surface area contributed by atoms with Crippen LogP contribution in [0.5, 0.6) is 0 Å². The molecule has 4 nitrogen and oxygen atoms in total. The van der Waals surface area contributed by atoms with Crippen LogP contribution in [0.1, 0.15) is 59.3 Å². The third-order valence-corrected chi connectivity index (χ3v) is 4.43. The van der Waals surface area contributed by atoms with Crippen molar-refractivity contribution in [3.05, 3.63) is 0 Å². The number of hydrogen-bond donors (Lipinski definition) is 3. The van der Waals surface area contributed by atoms with Crippen LogP contribution in [0.25, 0.3) is 0 Å². The Bertz CT molecular complexity index is 289. The van der Waals surface area contributed by atoms with Gasteiger partial charge in [0.2, 0.25) is 0 Å². The highest BCUT2D eigenvalue weighted by Crippen LogP contribution is 2.28. The summed E-state index contributed by atoms with van der Waals surface area (Å²) in [5.74, 6) is 2.09. The second-order valence-electron chi connectivity index (χ2n) is 6.81. The van der Waals surface area contributed by atoms with E-state index in [1.165, 1.54) is 25.7 Å². The minimum Gasteiger partial charge on any atom is -0.409 e. The Morgan fingerprint density at radius 1 is 1.42 bits per heavy atom. The number of amidine groups is 1. The Morgan fingerprint density at radius 3 is 2.79 bits per heavy atom. The van der Waals surface area contributed by atoms with E-state index in [0.29, 0.717) is 5.84 Å². The average molecular weight is 269 g/mol. The smallest absolute Gasteiger partial charge is 0.144 e. The van der Waals surface area contributed by atoms with Crippen molar-refractivity contribution in [2.45, 2.75) is 59.3 Å². The van der Waals surface area contributed by atoms with Crippen LogP contribution in [-0.2, 0) is 0 Å². The highest BCUT2D eigenvalue weighted by atomic mass is 16.4. The largest absolute Gasteiger partial charge is 0.409 e. The molecular formula is C15H31N3O. The van der Waals surface area contributed by atoms with Gasteiger partial charge in [-0.2, -0.15) is 0 Å². The second-order valence-corrected chi connectivity index (χ2v) is 6.81. The molecule has 0 spiro atoms. The molecule has 0 aromatic carbocycles. The molecule has 2 unspecified atom stereocenters. The highest BCUT2D eigenvalue weighted by molar-refractivity contribution is 5.85. The van der Waals surface area contributed by atoms with E-state index < -0.39 is 0 Å². The molecule has 4 heteroatoms. The number of rotatable bonds is 7. The summed E-state index contributed by atoms with van der Waals surface area (Å²) >= 11 is 0. The lowest BCUT2D eigenvalue weighted by atomic mass is 9.82. The Morgan fingerprint density at radius 2 is 2.16 bits per heavy atom. The summed E-state index contributed by atoms with van der Waals surface area (Å²) in [4.78, 5) is 0. The van der Waals surface area contributed by atoms with Gasteiger partial charge >= 0.3 is 0 Å². The summed E-state index contributed by atoms with van der Waals surface area (Å²) in [5, 5.41) is 15.4. The molecule has 0 heterocycles. The fraction of sp³-hybridized carbons (Fsp3) is 0.933. The van der Waals surface area contributed by atoms with Gasteiger partial charge in [0.05, 0.1) is 0 Å². The first-order valence-electron chi connectivity index (χ1n) is 7.64. The van der Waals surface area contributed by atoms with Crippen LogP contribution >= 0.6 is 0 Å². The predicted octanol–water partition coefficient (Wildman–Crippen LogP) is 2.96. The maximum atomic E-state index is 8.72. The molecule has 112 valence electrons. The predicted molar refractivity (Wildman–Crippen MR) is 80.4 cm³/mol. The number of hydrogen-bond acceptors (Lipinski definition) is 3.